The molecule has 1 nitrogen and oxygen atoms in total. The lowest BCUT2D eigenvalue weighted by molar-refractivity contribution is 0.611. The first kappa shape index (κ1) is 18.6. The number of fused-ring (bicyclic) bond motifs is 1. The van der Waals surface area contributed by atoms with Gasteiger partial charge in [0.05, 0.1) is 0 Å². The van der Waals surface area contributed by atoms with Crippen LogP contribution >= 0.6 is 0 Å². The summed E-state index contributed by atoms with van der Waals surface area (Å²) in [6.07, 6.45) is 16.3. The molecule has 0 spiro atoms. The number of hydrogen-bond donors (Lipinski definition) is 1. The predicted molar refractivity (Wildman–Crippen MR) is 117 cm³/mol. The number of anilines is 1. The summed E-state index contributed by atoms with van der Waals surface area (Å²) in [4.78, 5) is 0. The molecule has 0 saturated heterocycles. The second-order valence-electron chi connectivity index (χ2n) is 7.18. The molecule has 0 saturated carbocycles. The normalized spacial score (nSPS) is 13.4. The number of unbranched alkanes of at least 4 members (excludes halogenated alkanes) is 6. The number of para-hydroxylation sites is 1. The van der Waals surface area contributed by atoms with Gasteiger partial charge in [0.15, 0.2) is 0 Å². The van der Waals surface area contributed by atoms with Crippen molar-refractivity contribution in [3.05, 3.63) is 77.8 Å². The van der Waals surface area contributed by atoms with Crippen molar-refractivity contribution < 1.29 is 0 Å². The summed E-state index contributed by atoms with van der Waals surface area (Å²) in [5.41, 5.74) is 5.16. The van der Waals surface area contributed by atoms with E-state index in [1.807, 2.05) is 0 Å². The molecule has 0 fully saturated rings. The van der Waals surface area contributed by atoms with E-state index in [0.717, 1.165) is 0 Å². The zero-order valence-corrected chi connectivity index (χ0v) is 16.0. The first-order valence-electron chi connectivity index (χ1n) is 10.2. The van der Waals surface area contributed by atoms with E-state index in [0.29, 0.717) is 0 Å². The van der Waals surface area contributed by atoms with E-state index in [-0.39, 0.29) is 6.85 Å². The summed E-state index contributed by atoms with van der Waals surface area (Å²) >= 11 is 0. The quantitative estimate of drug-likeness (QED) is 0.420. The third-order valence-electron chi connectivity index (χ3n) is 5.08. The Morgan fingerprint density at radius 2 is 1.58 bits per heavy atom. The summed E-state index contributed by atoms with van der Waals surface area (Å²) in [6, 6.07) is 19.3. The standard InChI is InChI=1S/C24H30BN/c1-2-3-4-5-6-7-8-10-18-23-20-21-15-13-14-19-24(21)26-25(23)22-16-11-9-12-17-22/h9-20,26H,2-8H2,1H3/b18-10+. The van der Waals surface area contributed by atoms with Gasteiger partial charge in [0.2, 0.25) is 0 Å². The third-order valence-corrected chi connectivity index (χ3v) is 5.08. The molecule has 0 radical (unpaired) electrons. The van der Waals surface area contributed by atoms with Crippen LogP contribution in [0.4, 0.5) is 5.69 Å². The molecular weight excluding hydrogens is 313 g/mol. The number of hydrogen-bond acceptors (Lipinski definition) is 1. The first-order chi connectivity index (χ1) is 12.9. The van der Waals surface area contributed by atoms with Crippen LogP contribution in [-0.4, -0.2) is 6.85 Å². The van der Waals surface area contributed by atoms with Gasteiger partial charge in [0.25, 0.3) is 0 Å². The maximum absolute atomic E-state index is 3.72. The van der Waals surface area contributed by atoms with Crippen LogP contribution in [0.25, 0.3) is 6.08 Å². The Hall–Kier alpha value is -2.22. The number of rotatable bonds is 9. The summed E-state index contributed by atoms with van der Waals surface area (Å²) in [5, 5.41) is 3.72. The first-order valence-corrected chi connectivity index (χ1v) is 10.2. The van der Waals surface area contributed by atoms with Crippen molar-refractivity contribution in [3.8, 4) is 0 Å². The summed E-state index contributed by atoms with van der Waals surface area (Å²) in [7, 11) is 0. The fourth-order valence-electron chi connectivity index (χ4n) is 3.58. The molecule has 1 aliphatic rings. The molecule has 2 heteroatoms. The van der Waals surface area contributed by atoms with Crippen molar-refractivity contribution in [2.24, 2.45) is 0 Å². The van der Waals surface area contributed by atoms with Crippen molar-refractivity contribution in [2.75, 3.05) is 5.23 Å². The Labute approximate surface area is 159 Å². The fraction of sp³-hybridized carbons (Fsp3) is 0.333. The van der Waals surface area contributed by atoms with Crippen molar-refractivity contribution in [2.45, 2.75) is 51.9 Å². The molecule has 2 aromatic rings. The van der Waals surface area contributed by atoms with Crippen LogP contribution in [0.5, 0.6) is 0 Å². The largest absolute Gasteiger partial charge is 0.420 e. The highest BCUT2D eigenvalue weighted by atomic mass is 14.8. The predicted octanol–water partition coefficient (Wildman–Crippen LogP) is 6.24. The van der Waals surface area contributed by atoms with E-state index < -0.39 is 0 Å². The molecule has 26 heavy (non-hydrogen) atoms. The average molecular weight is 343 g/mol. The third kappa shape index (κ3) is 5.14. The summed E-state index contributed by atoms with van der Waals surface area (Å²) in [6.45, 7) is 2.50. The van der Waals surface area contributed by atoms with E-state index in [9.17, 15) is 0 Å². The number of allylic oxidation sites excluding steroid dienone is 3. The zero-order valence-electron chi connectivity index (χ0n) is 16.0. The second kappa shape index (κ2) is 10.1. The van der Waals surface area contributed by atoms with E-state index in [1.54, 1.807) is 0 Å². The highest BCUT2D eigenvalue weighted by Gasteiger charge is 2.25. The Morgan fingerprint density at radius 1 is 0.846 bits per heavy atom. The fourth-order valence-corrected chi connectivity index (χ4v) is 3.58. The van der Waals surface area contributed by atoms with Crippen LogP contribution in [-0.2, 0) is 0 Å². The maximum Gasteiger partial charge on any atom is 0.320 e. The van der Waals surface area contributed by atoms with Gasteiger partial charge < -0.3 is 5.23 Å². The van der Waals surface area contributed by atoms with Crippen LogP contribution in [0.3, 0.4) is 0 Å². The smallest absolute Gasteiger partial charge is 0.320 e. The zero-order chi connectivity index (χ0) is 18.0. The van der Waals surface area contributed by atoms with Gasteiger partial charge in [-0.1, -0.05) is 117 Å². The van der Waals surface area contributed by atoms with Crippen molar-refractivity contribution in [1.29, 1.82) is 0 Å². The lowest BCUT2D eigenvalue weighted by Crippen LogP contribution is -2.41. The molecule has 0 atom stereocenters. The summed E-state index contributed by atoms with van der Waals surface area (Å²) < 4.78 is 0. The highest BCUT2D eigenvalue weighted by molar-refractivity contribution is 6.84. The molecular formula is C24H30BN. The van der Waals surface area contributed by atoms with E-state index in [1.165, 1.54) is 67.1 Å². The van der Waals surface area contributed by atoms with Crippen molar-refractivity contribution in [1.82, 2.24) is 0 Å². The van der Waals surface area contributed by atoms with Gasteiger partial charge in [-0.2, -0.15) is 0 Å². The summed E-state index contributed by atoms with van der Waals surface area (Å²) in [5.74, 6) is 0. The van der Waals surface area contributed by atoms with Gasteiger partial charge in [0.1, 0.15) is 0 Å². The van der Waals surface area contributed by atoms with E-state index >= 15 is 0 Å². The number of benzene rings is 2. The van der Waals surface area contributed by atoms with Gasteiger partial charge in [-0.3, -0.25) is 0 Å². The van der Waals surface area contributed by atoms with Gasteiger partial charge in [-0.25, -0.2) is 0 Å². The molecule has 3 rings (SSSR count). The van der Waals surface area contributed by atoms with Gasteiger partial charge >= 0.3 is 6.85 Å². The minimum Gasteiger partial charge on any atom is -0.420 e. The molecule has 0 aliphatic carbocycles. The second-order valence-corrected chi connectivity index (χ2v) is 7.18. The van der Waals surface area contributed by atoms with Gasteiger partial charge in [0, 0.05) is 5.69 Å². The van der Waals surface area contributed by atoms with Crippen LogP contribution < -0.4 is 10.7 Å². The SMILES string of the molecule is CCCCCCCC/C=C/C1=Cc2ccccc2NB1c1ccccc1. The van der Waals surface area contributed by atoms with Crippen LogP contribution in [0.2, 0.25) is 0 Å². The van der Waals surface area contributed by atoms with Crippen molar-refractivity contribution >= 4 is 24.1 Å². The minimum atomic E-state index is 0.229. The highest BCUT2D eigenvalue weighted by Crippen LogP contribution is 2.26. The Kier molecular flexibility index (Phi) is 7.19. The van der Waals surface area contributed by atoms with Gasteiger partial charge in [-0.15, -0.1) is 0 Å². The van der Waals surface area contributed by atoms with Crippen LogP contribution in [0, 0.1) is 0 Å². The number of nitrogens with one attached hydrogen (secondary N) is 1. The topological polar surface area (TPSA) is 12.0 Å². The van der Waals surface area contributed by atoms with Crippen LogP contribution in [0.1, 0.15) is 57.4 Å². The Morgan fingerprint density at radius 3 is 2.42 bits per heavy atom. The molecule has 1 heterocycles. The molecule has 0 amide bonds. The molecule has 134 valence electrons. The molecule has 1 aliphatic heterocycles. The van der Waals surface area contributed by atoms with Crippen molar-refractivity contribution in [3.63, 3.8) is 0 Å². The maximum atomic E-state index is 3.72. The van der Waals surface area contributed by atoms with E-state index in [2.05, 4.69) is 85.0 Å². The average Bonchev–Trinajstić information content (AvgIpc) is 2.70. The Bertz CT molecular complexity index is 733. The molecule has 0 aromatic heterocycles. The monoisotopic (exact) mass is 343 g/mol. The minimum absolute atomic E-state index is 0.229. The molecule has 0 bridgehead atoms. The van der Waals surface area contributed by atoms with Crippen LogP contribution in [0.15, 0.2) is 72.2 Å². The van der Waals surface area contributed by atoms with E-state index in [4.69, 9.17) is 0 Å². The lowest BCUT2D eigenvalue weighted by atomic mass is 9.48. The molecule has 2 aromatic carbocycles. The molecule has 1 N–H and O–H groups in total. The van der Waals surface area contributed by atoms with Gasteiger partial charge in [-0.05, 0) is 24.5 Å². The Balaban J connectivity index is 1.65. The lowest BCUT2D eigenvalue weighted by Gasteiger charge is -2.24. The molecule has 0 unspecified atom stereocenters.